The fraction of sp³-hybridized carbons (Fsp3) is 0.567. The monoisotopic (exact) mass is 552 g/mol. The van der Waals surface area contributed by atoms with E-state index in [0.717, 1.165) is 49.3 Å². The zero-order valence-electron chi connectivity index (χ0n) is 23.9. The molecule has 0 saturated heterocycles. The van der Waals surface area contributed by atoms with Crippen molar-refractivity contribution in [3.63, 3.8) is 0 Å². The highest BCUT2D eigenvalue weighted by molar-refractivity contribution is 6.22. The highest BCUT2D eigenvalue weighted by atomic mass is 16.3. The van der Waals surface area contributed by atoms with E-state index in [9.17, 15) is 29.7 Å². The Balaban J connectivity index is 1.66. The van der Waals surface area contributed by atoms with Crippen LogP contribution in [-0.2, 0) is 16.0 Å². The third kappa shape index (κ3) is 4.03. The number of anilines is 1. The van der Waals surface area contributed by atoms with Crippen LogP contribution in [0.2, 0.25) is 0 Å². The van der Waals surface area contributed by atoms with E-state index < -0.39 is 52.6 Å². The van der Waals surface area contributed by atoms with Gasteiger partial charge in [-0.15, -0.1) is 0 Å². The number of amides is 1. The van der Waals surface area contributed by atoms with Crippen LogP contribution in [0.15, 0.2) is 28.7 Å². The molecule has 10 nitrogen and oxygen atoms in total. The van der Waals surface area contributed by atoms with Gasteiger partial charge in [-0.05, 0) is 81.9 Å². The second-order valence-electron chi connectivity index (χ2n) is 11.8. The second-order valence-corrected chi connectivity index (χ2v) is 11.8. The van der Waals surface area contributed by atoms with Crippen molar-refractivity contribution < 1.29 is 29.7 Å². The van der Waals surface area contributed by atoms with E-state index in [-0.39, 0.29) is 28.7 Å². The topological polar surface area (TPSA) is 148 Å². The molecular weight excluding hydrogens is 512 g/mol. The first-order chi connectivity index (χ1) is 18.9. The van der Waals surface area contributed by atoms with E-state index in [1.54, 1.807) is 25.1 Å². The van der Waals surface area contributed by atoms with E-state index in [1.165, 1.54) is 0 Å². The van der Waals surface area contributed by atoms with E-state index in [4.69, 9.17) is 5.73 Å². The number of ketones is 2. The summed E-state index contributed by atoms with van der Waals surface area (Å²) in [6, 6.07) is 1.09. The van der Waals surface area contributed by atoms with Crippen LogP contribution >= 0.6 is 0 Å². The molecule has 3 aliphatic carbocycles. The highest BCUT2D eigenvalue weighted by Crippen LogP contribution is 2.53. The van der Waals surface area contributed by atoms with Gasteiger partial charge in [0.25, 0.3) is 5.91 Å². The summed E-state index contributed by atoms with van der Waals surface area (Å²) in [7, 11) is 5.45. The van der Waals surface area contributed by atoms with Crippen LogP contribution in [0.1, 0.15) is 60.6 Å². The number of Topliss-reactive ketones (excluding diaryl/α,β-unsaturated/α-hetero) is 2. The summed E-state index contributed by atoms with van der Waals surface area (Å²) in [6.45, 7) is 6.88. The summed E-state index contributed by atoms with van der Waals surface area (Å²) in [5.74, 6) is -5.40. The molecule has 1 unspecified atom stereocenters. The summed E-state index contributed by atoms with van der Waals surface area (Å²) in [4.78, 5) is 45.8. The van der Waals surface area contributed by atoms with Crippen LogP contribution in [0.3, 0.4) is 0 Å². The van der Waals surface area contributed by atoms with Gasteiger partial charge in [0.2, 0.25) is 0 Å². The van der Waals surface area contributed by atoms with Crippen LogP contribution in [-0.4, -0.2) is 89.4 Å². The Morgan fingerprint density at radius 1 is 1.15 bits per heavy atom. The Bertz CT molecular complexity index is 1350. The first-order valence-corrected chi connectivity index (χ1v) is 14.2. The summed E-state index contributed by atoms with van der Waals surface area (Å²) >= 11 is 0. The maximum atomic E-state index is 14.0. The number of hydrogen-bond donors (Lipinski definition) is 4. The van der Waals surface area contributed by atoms with Crippen molar-refractivity contribution in [3.05, 3.63) is 45.4 Å². The molecule has 1 aromatic carbocycles. The maximum Gasteiger partial charge on any atom is 0.255 e. The number of phenols is 1. The predicted octanol–water partition coefficient (Wildman–Crippen LogP) is 2.62. The third-order valence-electron chi connectivity index (χ3n) is 9.41. The number of primary amides is 1. The molecule has 0 radical (unpaired) electrons. The van der Waals surface area contributed by atoms with Crippen LogP contribution in [0.25, 0.3) is 0 Å². The molecule has 5 rings (SSSR count). The number of benzene rings is 1. The summed E-state index contributed by atoms with van der Waals surface area (Å²) in [5, 5.41) is 33.7. The number of carbonyl (C=O) groups is 3. The molecule has 40 heavy (non-hydrogen) atoms. The van der Waals surface area contributed by atoms with Gasteiger partial charge in [0.1, 0.15) is 22.8 Å². The molecule has 5 atom stereocenters. The average molecular weight is 553 g/mol. The Morgan fingerprint density at radius 2 is 1.85 bits per heavy atom. The lowest BCUT2D eigenvalue weighted by atomic mass is 9.60. The van der Waals surface area contributed by atoms with Gasteiger partial charge < -0.3 is 26.0 Å². The molecule has 216 valence electrons. The van der Waals surface area contributed by atoms with E-state index in [0.29, 0.717) is 12.8 Å². The van der Waals surface area contributed by atoms with Crippen molar-refractivity contribution in [1.29, 1.82) is 0 Å². The summed E-state index contributed by atoms with van der Waals surface area (Å²) in [6.07, 6.45) is 2.66. The number of fused-ring (bicyclic) bond motifs is 5. The largest absolute Gasteiger partial charge is 0.511 e. The first kappa shape index (κ1) is 28.2. The summed E-state index contributed by atoms with van der Waals surface area (Å²) < 4.78 is 0. The zero-order valence-corrected chi connectivity index (χ0v) is 23.9. The standard InChI is InChI=1S/C30H40N4O6/c1-6-9-34(7-2)18-8-10-33(5)24-15(18)13-19(35)21-16(24)11-14-12-17-22(27(37)20(14)26(21)36)28(38)23(30(31)40)29(39)25(17)32(3)4/h13-14,17-18,22,25,35,37,39H,6-12H2,1-5H3,(H2,31,40)/t14-,17+,18?,22-,25-/m1/s1. The Labute approximate surface area is 234 Å². The molecule has 0 fully saturated rings. The summed E-state index contributed by atoms with van der Waals surface area (Å²) in [5.41, 5.74) is 7.92. The number of aromatic hydroxyl groups is 1. The minimum Gasteiger partial charge on any atom is -0.511 e. The minimum atomic E-state index is -1.18. The fourth-order valence-corrected chi connectivity index (χ4v) is 7.84. The SMILES string of the molecule is CCCN(CC)C1CCN(C)c2c1cc(O)c1c2C[C@@H]2C[C@H]3[C@@H](C(=O)C(C(N)=O)=C(O)[C@@H]3N(C)C)C(O)=C2C1=O. The predicted molar refractivity (Wildman–Crippen MR) is 150 cm³/mol. The molecule has 0 saturated carbocycles. The fourth-order valence-electron chi connectivity index (χ4n) is 7.84. The lowest BCUT2D eigenvalue weighted by Gasteiger charge is -2.47. The lowest BCUT2D eigenvalue weighted by Crippen LogP contribution is -2.53. The molecular formula is C30H40N4O6. The highest BCUT2D eigenvalue weighted by Gasteiger charge is 2.54. The van der Waals surface area contributed by atoms with Crippen LogP contribution in [0.4, 0.5) is 5.69 Å². The zero-order chi connectivity index (χ0) is 29.2. The molecule has 1 aliphatic heterocycles. The van der Waals surface area contributed by atoms with Gasteiger partial charge in [-0.25, -0.2) is 0 Å². The molecule has 4 aliphatic rings. The van der Waals surface area contributed by atoms with Gasteiger partial charge in [0.05, 0.1) is 17.5 Å². The van der Waals surface area contributed by atoms with Crippen molar-refractivity contribution in [3.8, 4) is 5.75 Å². The number of allylic oxidation sites excluding steroid dienone is 2. The number of rotatable bonds is 6. The minimum absolute atomic E-state index is 0.108. The first-order valence-electron chi connectivity index (χ1n) is 14.2. The van der Waals surface area contributed by atoms with E-state index in [2.05, 4.69) is 23.6 Å². The van der Waals surface area contributed by atoms with Crippen LogP contribution < -0.4 is 10.6 Å². The molecule has 1 amide bonds. The number of nitrogens with two attached hydrogens (primary N) is 1. The van der Waals surface area contributed by atoms with Gasteiger partial charge in [-0.3, -0.25) is 24.2 Å². The number of nitrogens with zero attached hydrogens (tertiary/aromatic N) is 3. The Hall–Kier alpha value is -3.37. The van der Waals surface area contributed by atoms with E-state index in [1.807, 2.05) is 7.05 Å². The average Bonchev–Trinajstić information content (AvgIpc) is 2.86. The molecule has 10 heteroatoms. The number of phenolic OH excluding ortho intramolecular Hbond substituents is 1. The number of aliphatic hydroxyl groups excluding tert-OH is 2. The number of aliphatic hydroxyl groups is 2. The molecule has 0 spiro atoms. The van der Waals surface area contributed by atoms with Gasteiger partial charge in [0, 0.05) is 30.9 Å². The number of likely N-dealkylation sites (N-methyl/N-ethyl adjacent to an activating group) is 1. The molecule has 0 aromatic heterocycles. The number of carbonyl (C=O) groups excluding carboxylic acids is 3. The molecule has 0 bridgehead atoms. The Morgan fingerprint density at radius 3 is 2.45 bits per heavy atom. The maximum absolute atomic E-state index is 14.0. The van der Waals surface area contributed by atoms with Gasteiger partial charge in [0.15, 0.2) is 11.6 Å². The van der Waals surface area contributed by atoms with Crippen LogP contribution in [0, 0.1) is 17.8 Å². The van der Waals surface area contributed by atoms with Gasteiger partial charge >= 0.3 is 0 Å². The van der Waals surface area contributed by atoms with Crippen molar-refractivity contribution >= 4 is 23.2 Å². The third-order valence-corrected chi connectivity index (χ3v) is 9.41. The normalized spacial score (nSPS) is 28.1. The number of hydrogen-bond acceptors (Lipinski definition) is 9. The van der Waals surface area contributed by atoms with Crippen molar-refractivity contribution in [2.24, 2.45) is 23.5 Å². The van der Waals surface area contributed by atoms with E-state index >= 15 is 0 Å². The molecule has 5 N–H and O–H groups in total. The van der Waals surface area contributed by atoms with Gasteiger partial charge in [-0.1, -0.05) is 13.8 Å². The quantitative estimate of drug-likeness (QED) is 0.391. The van der Waals surface area contributed by atoms with Crippen molar-refractivity contribution in [1.82, 2.24) is 9.80 Å². The molecule has 1 aromatic rings. The van der Waals surface area contributed by atoms with Crippen molar-refractivity contribution in [2.45, 2.75) is 51.6 Å². The van der Waals surface area contributed by atoms with Gasteiger partial charge in [-0.2, -0.15) is 0 Å². The molecule has 1 heterocycles. The van der Waals surface area contributed by atoms with Crippen LogP contribution in [0.5, 0.6) is 5.75 Å². The second kappa shape index (κ2) is 10.2. The van der Waals surface area contributed by atoms with Crippen molar-refractivity contribution in [2.75, 3.05) is 45.7 Å². The lowest BCUT2D eigenvalue weighted by molar-refractivity contribution is -0.127. The Kier molecular flexibility index (Phi) is 7.20. The smallest absolute Gasteiger partial charge is 0.255 e.